The van der Waals surface area contributed by atoms with Crippen molar-refractivity contribution in [3.8, 4) is 5.75 Å². The summed E-state index contributed by atoms with van der Waals surface area (Å²) in [4.78, 5) is 0. The van der Waals surface area contributed by atoms with E-state index in [1.165, 1.54) is 19.2 Å². The Balaban J connectivity index is 2.34. The Morgan fingerprint density at radius 1 is 1.50 bits per heavy atom. The Labute approximate surface area is 99.7 Å². The van der Waals surface area contributed by atoms with Crippen molar-refractivity contribution < 1.29 is 9.13 Å². The van der Waals surface area contributed by atoms with Crippen molar-refractivity contribution in [2.45, 2.75) is 18.8 Å². The summed E-state index contributed by atoms with van der Waals surface area (Å²) < 4.78 is 18.5. The van der Waals surface area contributed by atoms with E-state index in [4.69, 9.17) is 16.3 Å². The van der Waals surface area contributed by atoms with Crippen molar-refractivity contribution in [3.05, 3.63) is 28.5 Å². The number of methoxy groups -OCH3 is 1. The highest BCUT2D eigenvalue weighted by molar-refractivity contribution is 6.32. The van der Waals surface area contributed by atoms with Gasteiger partial charge in [0.15, 0.2) is 0 Å². The first-order valence-corrected chi connectivity index (χ1v) is 5.84. The van der Waals surface area contributed by atoms with E-state index in [1.807, 2.05) is 0 Å². The normalized spacial score (nSPS) is 20.8. The lowest BCUT2D eigenvalue weighted by atomic mass is 9.91. The van der Waals surface area contributed by atoms with E-state index in [9.17, 15) is 4.39 Å². The lowest BCUT2D eigenvalue weighted by molar-refractivity contribution is 0.407. The van der Waals surface area contributed by atoms with Gasteiger partial charge in [-0.05, 0) is 36.9 Å². The first-order valence-electron chi connectivity index (χ1n) is 5.46. The Kier molecular flexibility index (Phi) is 3.66. The molecule has 0 aromatic heterocycles. The van der Waals surface area contributed by atoms with Crippen molar-refractivity contribution in [2.75, 3.05) is 20.2 Å². The predicted octanol–water partition coefficient (Wildman–Crippen LogP) is 2.95. The highest BCUT2D eigenvalue weighted by Gasteiger charge is 2.20. The molecule has 2 rings (SSSR count). The van der Waals surface area contributed by atoms with Gasteiger partial charge in [-0.3, -0.25) is 0 Å². The second-order valence-electron chi connectivity index (χ2n) is 4.05. The molecular formula is C12H15ClFNO. The molecule has 0 spiro atoms. The second kappa shape index (κ2) is 5.02. The number of ether oxygens (including phenoxy) is 1. The number of piperidine rings is 1. The van der Waals surface area contributed by atoms with Crippen LogP contribution in [0.4, 0.5) is 4.39 Å². The largest absolute Gasteiger partial charge is 0.495 e. The average molecular weight is 244 g/mol. The summed E-state index contributed by atoms with van der Waals surface area (Å²) >= 11 is 6.19. The van der Waals surface area contributed by atoms with Gasteiger partial charge in [0.2, 0.25) is 0 Å². The van der Waals surface area contributed by atoms with Gasteiger partial charge in [-0.2, -0.15) is 0 Å². The topological polar surface area (TPSA) is 21.3 Å². The van der Waals surface area contributed by atoms with Crippen LogP contribution in [0.15, 0.2) is 12.1 Å². The monoisotopic (exact) mass is 243 g/mol. The lowest BCUT2D eigenvalue weighted by Gasteiger charge is -2.24. The summed E-state index contributed by atoms with van der Waals surface area (Å²) in [5, 5.41) is 3.84. The van der Waals surface area contributed by atoms with Crippen molar-refractivity contribution >= 4 is 11.6 Å². The van der Waals surface area contributed by atoms with Crippen LogP contribution in [0, 0.1) is 5.82 Å². The smallest absolute Gasteiger partial charge is 0.140 e. The highest BCUT2D eigenvalue weighted by atomic mass is 35.5. The van der Waals surface area contributed by atoms with Gasteiger partial charge in [0.1, 0.15) is 11.6 Å². The van der Waals surface area contributed by atoms with E-state index in [2.05, 4.69) is 5.32 Å². The van der Waals surface area contributed by atoms with Crippen LogP contribution in [0.25, 0.3) is 0 Å². The zero-order chi connectivity index (χ0) is 11.5. The molecular weight excluding hydrogens is 229 g/mol. The number of nitrogens with one attached hydrogen (secondary N) is 1. The van der Waals surface area contributed by atoms with Crippen LogP contribution in [0.2, 0.25) is 5.02 Å². The number of hydrogen-bond donors (Lipinski definition) is 1. The van der Waals surface area contributed by atoms with Gasteiger partial charge in [-0.15, -0.1) is 0 Å². The first kappa shape index (κ1) is 11.7. The minimum atomic E-state index is -0.290. The summed E-state index contributed by atoms with van der Waals surface area (Å²) in [6.07, 6.45) is 2.14. The molecule has 88 valence electrons. The van der Waals surface area contributed by atoms with Crippen molar-refractivity contribution in [1.82, 2.24) is 5.32 Å². The van der Waals surface area contributed by atoms with Crippen LogP contribution >= 0.6 is 11.6 Å². The Morgan fingerprint density at radius 2 is 2.31 bits per heavy atom. The molecule has 4 heteroatoms. The maximum Gasteiger partial charge on any atom is 0.140 e. The molecule has 0 radical (unpaired) electrons. The van der Waals surface area contributed by atoms with Crippen LogP contribution in [0.3, 0.4) is 0 Å². The summed E-state index contributed by atoms with van der Waals surface area (Å²) in [5.74, 6) is 0.412. The molecule has 1 saturated heterocycles. The third-order valence-electron chi connectivity index (χ3n) is 2.99. The fraction of sp³-hybridized carbons (Fsp3) is 0.500. The molecule has 1 aromatic carbocycles. The summed E-state index contributed by atoms with van der Waals surface area (Å²) in [6, 6.07) is 2.84. The summed E-state index contributed by atoms with van der Waals surface area (Å²) in [5.41, 5.74) is 0.853. The van der Waals surface area contributed by atoms with Gasteiger partial charge in [-0.25, -0.2) is 4.39 Å². The van der Waals surface area contributed by atoms with Gasteiger partial charge in [-0.1, -0.05) is 11.6 Å². The molecule has 1 unspecified atom stereocenters. The fourth-order valence-electron chi connectivity index (χ4n) is 2.15. The van der Waals surface area contributed by atoms with Crippen LogP contribution in [-0.2, 0) is 0 Å². The van der Waals surface area contributed by atoms with Crippen LogP contribution in [0.1, 0.15) is 24.3 Å². The third-order valence-corrected chi connectivity index (χ3v) is 3.39. The van der Waals surface area contributed by atoms with E-state index >= 15 is 0 Å². The quantitative estimate of drug-likeness (QED) is 0.862. The molecule has 0 amide bonds. The molecule has 1 N–H and O–H groups in total. The number of benzene rings is 1. The molecule has 0 bridgehead atoms. The minimum absolute atomic E-state index is 0.283. The van der Waals surface area contributed by atoms with Crippen molar-refractivity contribution in [3.63, 3.8) is 0 Å². The van der Waals surface area contributed by atoms with Crippen molar-refractivity contribution in [2.24, 2.45) is 0 Å². The number of halogens is 2. The molecule has 1 heterocycles. The summed E-state index contributed by atoms with van der Waals surface area (Å²) in [7, 11) is 1.50. The number of rotatable bonds is 2. The van der Waals surface area contributed by atoms with Gasteiger partial charge in [0.25, 0.3) is 0 Å². The Hall–Kier alpha value is -0.800. The van der Waals surface area contributed by atoms with Gasteiger partial charge in [0, 0.05) is 12.6 Å². The highest BCUT2D eigenvalue weighted by Crippen LogP contribution is 2.36. The molecule has 0 saturated carbocycles. The molecule has 1 aromatic rings. The maximum atomic E-state index is 13.4. The van der Waals surface area contributed by atoms with Crippen LogP contribution in [0.5, 0.6) is 5.75 Å². The SMILES string of the molecule is COc1cc(F)cc(C2CCCNC2)c1Cl. The lowest BCUT2D eigenvalue weighted by Crippen LogP contribution is -2.28. The van der Waals surface area contributed by atoms with Crippen LogP contribution in [-0.4, -0.2) is 20.2 Å². The fourth-order valence-corrected chi connectivity index (χ4v) is 2.49. The van der Waals surface area contributed by atoms with E-state index in [0.717, 1.165) is 31.5 Å². The zero-order valence-corrected chi connectivity index (χ0v) is 9.98. The van der Waals surface area contributed by atoms with Crippen molar-refractivity contribution in [1.29, 1.82) is 0 Å². The molecule has 2 nitrogen and oxygen atoms in total. The number of hydrogen-bond acceptors (Lipinski definition) is 2. The van der Waals surface area contributed by atoms with Gasteiger partial charge >= 0.3 is 0 Å². The average Bonchev–Trinajstić information content (AvgIpc) is 2.33. The first-order chi connectivity index (χ1) is 7.72. The molecule has 0 aliphatic carbocycles. The zero-order valence-electron chi connectivity index (χ0n) is 9.22. The Morgan fingerprint density at radius 3 is 2.94 bits per heavy atom. The Bertz CT molecular complexity index is 378. The van der Waals surface area contributed by atoms with Crippen LogP contribution < -0.4 is 10.1 Å². The van der Waals surface area contributed by atoms with Gasteiger partial charge < -0.3 is 10.1 Å². The third kappa shape index (κ3) is 2.30. The molecule has 1 fully saturated rings. The van der Waals surface area contributed by atoms with Gasteiger partial charge in [0.05, 0.1) is 12.1 Å². The minimum Gasteiger partial charge on any atom is -0.495 e. The molecule has 16 heavy (non-hydrogen) atoms. The summed E-state index contributed by atoms with van der Waals surface area (Å²) in [6.45, 7) is 1.88. The predicted molar refractivity (Wildman–Crippen MR) is 62.8 cm³/mol. The van der Waals surface area contributed by atoms with E-state index in [0.29, 0.717) is 10.8 Å². The van der Waals surface area contributed by atoms with E-state index < -0.39 is 0 Å². The van der Waals surface area contributed by atoms with E-state index in [-0.39, 0.29) is 11.7 Å². The second-order valence-corrected chi connectivity index (χ2v) is 4.43. The van der Waals surface area contributed by atoms with E-state index in [1.54, 1.807) is 0 Å². The molecule has 1 aliphatic heterocycles. The molecule has 1 aliphatic rings. The standard InChI is InChI=1S/C12H15ClFNO/c1-16-11-6-9(14)5-10(12(11)13)8-3-2-4-15-7-8/h5-6,8,15H,2-4,7H2,1H3. The maximum absolute atomic E-state index is 13.4. The molecule has 1 atom stereocenters.